The van der Waals surface area contributed by atoms with Crippen LogP contribution in [0.25, 0.3) is 16.8 Å². The summed E-state index contributed by atoms with van der Waals surface area (Å²) in [5.74, 6) is 1.07. The Hall–Kier alpha value is -2.11. The fraction of sp³-hybridized carbons (Fsp3) is 0.333. The van der Waals surface area contributed by atoms with Crippen LogP contribution in [-0.2, 0) is 4.74 Å². The molecule has 2 aromatic heterocycles. The third kappa shape index (κ3) is 2.64. The van der Waals surface area contributed by atoms with Gasteiger partial charge in [-0.05, 0) is 31.5 Å². The van der Waals surface area contributed by atoms with E-state index in [1.165, 1.54) is 0 Å². The van der Waals surface area contributed by atoms with E-state index in [1.54, 1.807) is 0 Å². The number of fused-ring (bicyclic) bond motifs is 1. The van der Waals surface area contributed by atoms with Crippen LogP contribution in [0, 0.1) is 13.8 Å². The van der Waals surface area contributed by atoms with Crippen LogP contribution in [0.2, 0.25) is 5.02 Å². The molecule has 0 aliphatic carbocycles. The number of rotatable bonds is 2. The van der Waals surface area contributed by atoms with Gasteiger partial charge in [0.15, 0.2) is 5.65 Å². The predicted molar refractivity (Wildman–Crippen MR) is 95.9 cm³/mol. The fourth-order valence-corrected chi connectivity index (χ4v) is 3.32. The standard InChI is InChI=1S/C18H19ClN4O/c1-12-11-16(22-7-9-24-10-8-22)23-18(20-12)17(13(2)21-23)14-3-5-15(19)6-4-14/h3-6,11H,7-10H2,1-2H3. The van der Waals surface area contributed by atoms with Gasteiger partial charge in [-0.2, -0.15) is 9.61 Å². The Morgan fingerprint density at radius 2 is 1.79 bits per heavy atom. The second-order valence-corrected chi connectivity index (χ2v) is 6.49. The molecule has 1 aromatic carbocycles. The van der Waals surface area contributed by atoms with E-state index in [2.05, 4.69) is 11.0 Å². The van der Waals surface area contributed by atoms with Crippen LogP contribution < -0.4 is 4.90 Å². The van der Waals surface area contributed by atoms with Crippen molar-refractivity contribution < 1.29 is 4.74 Å². The molecule has 0 saturated carbocycles. The minimum Gasteiger partial charge on any atom is -0.378 e. The molecule has 0 amide bonds. The van der Waals surface area contributed by atoms with Gasteiger partial charge in [-0.25, -0.2) is 4.98 Å². The Balaban J connectivity index is 1.91. The van der Waals surface area contributed by atoms with Crippen LogP contribution in [0.5, 0.6) is 0 Å². The summed E-state index contributed by atoms with van der Waals surface area (Å²) in [6.07, 6.45) is 0. The normalized spacial score (nSPS) is 15.2. The second-order valence-electron chi connectivity index (χ2n) is 6.06. The lowest BCUT2D eigenvalue weighted by Crippen LogP contribution is -2.37. The quantitative estimate of drug-likeness (QED) is 0.715. The second kappa shape index (κ2) is 6.07. The number of benzene rings is 1. The third-order valence-electron chi connectivity index (χ3n) is 4.34. The number of aromatic nitrogens is 3. The molecule has 4 rings (SSSR count). The number of hydrogen-bond acceptors (Lipinski definition) is 4. The van der Waals surface area contributed by atoms with Crippen molar-refractivity contribution in [3.8, 4) is 11.1 Å². The van der Waals surface area contributed by atoms with Gasteiger partial charge in [0, 0.05) is 35.4 Å². The SMILES string of the molecule is Cc1cc(N2CCOCC2)n2nc(C)c(-c3ccc(Cl)cc3)c2n1. The van der Waals surface area contributed by atoms with Crippen LogP contribution in [0.4, 0.5) is 5.82 Å². The van der Waals surface area contributed by atoms with E-state index < -0.39 is 0 Å². The van der Waals surface area contributed by atoms with Crippen LogP contribution in [0.3, 0.4) is 0 Å². The van der Waals surface area contributed by atoms with Crippen molar-refractivity contribution in [3.63, 3.8) is 0 Å². The maximum atomic E-state index is 6.03. The topological polar surface area (TPSA) is 42.7 Å². The van der Waals surface area contributed by atoms with Gasteiger partial charge in [-0.15, -0.1) is 0 Å². The summed E-state index contributed by atoms with van der Waals surface area (Å²) in [4.78, 5) is 7.07. The summed E-state index contributed by atoms with van der Waals surface area (Å²) >= 11 is 6.03. The number of hydrogen-bond donors (Lipinski definition) is 0. The Morgan fingerprint density at radius 1 is 1.08 bits per heavy atom. The van der Waals surface area contributed by atoms with Crippen LogP contribution >= 0.6 is 11.6 Å². The molecule has 0 spiro atoms. The molecule has 0 atom stereocenters. The molecule has 6 heteroatoms. The largest absolute Gasteiger partial charge is 0.378 e. The Bertz CT molecular complexity index is 882. The van der Waals surface area contributed by atoms with Crippen LogP contribution in [0.15, 0.2) is 30.3 Å². The van der Waals surface area contributed by atoms with Crippen LogP contribution in [0.1, 0.15) is 11.4 Å². The van der Waals surface area contributed by atoms with E-state index in [1.807, 2.05) is 42.6 Å². The van der Waals surface area contributed by atoms with Gasteiger partial charge in [0.2, 0.25) is 0 Å². The van der Waals surface area contributed by atoms with E-state index in [0.29, 0.717) is 0 Å². The van der Waals surface area contributed by atoms with Crippen molar-refractivity contribution in [1.82, 2.24) is 14.6 Å². The minimum absolute atomic E-state index is 0.728. The summed E-state index contributed by atoms with van der Waals surface area (Å²) in [6.45, 7) is 7.27. The smallest absolute Gasteiger partial charge is 0.165 e. The summed E-state index contributed by atoms with van der Waals surface area (Å²) < 4.78 is 7.43. The van der Waals surface area contributed by atoms with Crippen molar-refractivity contribution in [3.05, 3.63) is 46.7 Å². The van der Waals surface area contributed by atoms with Gasteiger partial charge in [-0.3, -0.25) is 0 Å². The molecule has 0 unspecified atom stereocenters. The maximum Gasteiger partial charge on any atom is 0.165 e. The Labute approximate surface area is 145 Å². The fourth-order valence-electron chi connectivity index (χ4n) is 3.20. The molecule has 0 N–H and O–H groups in total. The summed E-state index contributed by atoms with van der Waals surface area (Å²) in [5.41, 5.74) is 4.98. The van der Waals surface area contributed by atoms with Crippen molar-refractivity contribution in [2.24, 2.45) is 0 Å². The van der Waals surface area contributed by atoms with Crippen LogP contribution in [-0.4, -0.2) is 40.9 Å². The third-order valence-corrected chi connectivity index (χ3v) is 4.59. The lowest BCUT2D eigenvalue weighted by molar-refractivity contribution is 0.122. The predicted octanol–water partition coefficient (Wildman–Crippen LogP) is 3.50. The zero-order chi connectivity index (χ0) is 16.7. The lowest BCUT2D eigenvalue weighted by Gasteiger charge is -2.29. The minimum atomic E-state index is 0.728. The van der Waals surface area contributed by atoms with Gasteiger partial charge >= 0.3 is 0 Å². The molecule has 1 saturated heterocycles. The molecule has 124 valence electrons. The zero-order valence-corrected chi connectivity index (χ0v) is 14.5. The summed E-state index contributed by atoms with van der Waals surface area (Å²) in [6, 6.07) is 9.93. The molecule has 1 fully saturated rings. The molecule has 3 aromatic rings. The van der Waals surface area contributed by atoms with Crippen molar-refractivity contribution in [2.45, 2.75) is 13.8 Å². The van der Waals surface area contributed by atoms with Crippen molar-refractivity contribution in [1.29, 1.82) is 0 Å². The van der Waals surface area contributed by atoms with Gasteiger partial charge < -0.3 is 9.64 Å². The molecule has 3 heterocycles. The van der Waals surface area contributed by atoms with E-state index in [0.717, 1.165) is 65.3 Å². The molecular formula is C18H19ClN4O. The van der Waals surface area contributed by atoms with Crippen molar-refractivity contribution in [2.75, 3.05) is 31.2 Å². The van der Waals surface area contributed by atoms with Gasteiger partial charge in [0.25, 0.3) is 0 Å². The average molecular weight is 343 g/mol. The first kappa shape index (κ1) is 15.4. The first-order valence-electron chi connectivity index (χ1n) is 8.09. The first-order chi connectivity index (χ1) is 11.6. The van der Waals surface area contributed by atoms with E-state index in [-0.39, 0.29) is 0 Å². The molecule has 1 aliphatic rings. The zero-order valence-electron chi connectivity index (χ0n) is 13.8. The first-order valence-corrected chi connectivity index (χ1v) is 8.47. The number of ether oxygens (including phenoxy) is 1. The van der Waals surface area contributed by atoms with Crippen molar-refractivity contribution >= 4 is 23.1 Å². The van der Waals surface area contributed by atoms with Gasteiger partial charge in [0.1, 0.15) is 5.82 Å². The van der Waals surface area contributed by atoms with Gasteiger partial charge in [0.05, 0.1) is 18.9 Å². The number of nitrogens with zero attached hydrogens (tertiary/aromatic N) is 4. The molecular weight excluding hydrogens is 324 g/mol. The summed E-state index contributed by atoms with van der Waals surface area (Å²) in [5, 5.41) is 5.49. The molecule has 1 aliphatic heterocycles. The number of halogens is 1. The molecule has 24 heavy (non-hydrogen) atoms. The molecule has 5 nitrogen and oxygen atoms in total. The highest BCUT2D eigenvalue weighted by atomic mass is 35.5. The number of aryl methyl sites for hydroxylation is 2. The van der Waals surface area contributed by atoms with E-state index in [9.17, 15) is 0 Å². The maximum absolute atomic E-state index is 6.03. The Kier molecular flexibility index (Phi) is 3.90. The Morgan fingerprint density at radius 3 is 2.50 bits per heavy atom. The highest BCUT2D eigenvalue weighted by Gasteiger charge is 2.20. The lowest BCUT2D eigenvalue weighted by atomic mass is 10.1. The van der Waals surface area contributed by atoms with E-state index in [4.69, 9.17) is 26.4 Å². The molecule has 0 radical (unpaired) electrons. The van der Waals surface area contributed by atoms with E-state index >= 15 is 0 Å². The monoisotopic (exact) mass is 342 g/mol. The number of morpholine rings is 1. The van der Waals surface area contributed by atoms with Gasteiger partial charge in [-0.1, -0.05) is 23.7 Å². The average Bonchev–Trinajstić information content (AvgIpc) is 2.91. The number of anilines is 1. The summed E-state index contributed by atoms with van der Waals surface area (Å²) in [7, 11) is 0. The highest BCUT2D eigenvalue weighted by molar-refractivity contribution is 6.30. The molecule has 0 bridgehead atoms. The highest BCUT2D eigenvalue weighted by Crippen LogP contribution is 2.31.